The standard InChI is InChI=1S/C15H18N2O3/c1-10(2)13-14(20-9-17-13)15(18)16-8-11-4-6-12(19-3)7-5-11/h4-7,9-10H,8H2,1-3H3,(H,16,18). The molecule has 0 aliphatic heterocycles. The first-order valence-electron chi connectivity index (χ1n) is 6.46. The number of ether oxygens (including phenoxy) is 1. The first kappa shape index (κ1) is 14.1. The molecule has 1 amide bonds. The summed E-state index contributed by atoms with van der Waals surface area (Å²) in [5.41, 5.74) is 1.67. The molecule has 1 aromatic carbocycles. The minimum absolute atomic E-state index is 0.149. The summed E-state index contributed by atoms with van der Waals surface area (Å²) in [7, 11) is 1.62. The zero-order valence-corrected chi connectivity index (χ0v) is 11.8. The number of aromatic nitrogens is 1. The van der Waals surface area contributed by atoms with Gasteiger partial charge in [-0.15, -0.1) is 0 Å². The van der Waals surface area contributed by atoms with Crippen LogP contribution in [0.15, 0.2) is 35.1 Å². The number of methoxy groups -OCH3 is 1. The van der Waals surface area contributed by atoms with Gasteiger partial charge in [-0.1, -0.05) is 26.0 Å². The van der Waals surface area contributed by atoms with Crippen molar-refractivity contribution in [2.45, 2.75) is 26.3 Å². The third-order valence-corrected chi connectivity index (χ3v) is 2.96. The van der Waals surface area contributed by atoms with E-state index in [0.717, 1.165) is 11.3 Å². The molecular weight excluding hydrogens is 256 g/mol. The Bertz CT molecular complexity index is 573. The van der Waals surface area contributed by atoms with Crippen molar-refractivity contribution in [2.75, 3.05) is 7.11 Å². The second-order valence-corrected chi connectivity index (χ2v) is 4.75. The maximum atomic E-state index is 12.1. The van der Waals surface area contributed by atoms with E-state index in [0.29, 0.717) is 12.2 Å². The number of hydrogen-bond donors (Lipinski definition) is 1. The van der Waals surface area contributed by atoms with Gasteiger partial charge in [-0.05, 0) is 23.6 Å². The second-order valence-electron chi connectivity index (χ2n) is 4.75. The number of nitrogens with one attached hydrogen (secondary N) is 1. The number of amides is 1. The zero-order valence-electron chi connectivity index (χ0n) is 11.8. The van der Waals surface area contributed by atoms with E-state index in [9.17, 15) is 4.79 Å². The highest BCUT2D eigenvalue weighted by molar-refractivity contribution is 5.92. The van der Waals surface area contributed by atoms with Gasteiger partial charge in [0.25, 0.3) is 5.91 Å². The van der Waals surface area contributed by atoms with Crippen LogP contribution >= 0.6 is 0 Å². The van der Waals surface area contributed by atoms with Crippen molar-refractivity contribution in [1.29, 1.82) is 0 Å². The lowest BCUT2D eigenvalue weighted by molar-refractivity contribution is 0.0921. The van der Waals surface area contributed by atoms with Crippen LogP contribution in [0.5, 0.6) is 5.75 Å². The van der Waals surface area contributed by atoms with E-state index in [-0.39, 0.29) is 17.6 Å². The van der Waals surface area contributed by atoms with Crippen LogP contribution in [0.1, 0.15) is 41.6 Å². The average molecular weight is 274 g/mol. The molecule has 0 saturated carbocycles. The molecule has 0 aliphatic rings. The monoisotopic (exact) mass is 274 g/mol. The van der Waals surface area contributed by atoms with Gasteiger partial charge in [0.2, 0.25) is 5.76 Å². The summed E-state index contributed by atoms with van der Waals surface area (Å²) in [4.78, 5) is 16.1. The Balaban J connectivity index is 1.99. The van der Waals surface area contributed by atoms with E-state index in [4.69, 9.17) is 9.15 Å². The molecule has 5 heteroatoms. The van der Waals surface area contributed by atoms with E-state index in [1.807, 2.05) is 38.1 Å². The summed E-state index contributed by atoms with van der Waals surface area (Å²) in [6, 6.07) is 7.52. The lowest BCUT2D eigenvalue weighted by atomic mass is 10.1. The molecular formula is C15H18N2O3. The van der Waals surface area contributed by atoms with Crippen LogP contribution in [0.4, 0.5) is 0 Å². The normalized spacial score (nSPS) is 10.6. The number of carbonyl (C=O) groups is 1. The van der Waals surface area contributed by atoms with Crippen LogP contribution in [0.25, 0.3) is 0 Å². The van der Waals surface area contributed by atoms with Crippen LogP contribution < -0.4 is 10.1 Å². The van der Waals surface area contributed by atoms with Crippen molar-refractivity contribution in [3.05, 3.63) is 47.7 Å². The third kappa shape index (κ3) is 3.17. The highest BCUT2D eigenvalue weighted by Crippen LogP contribution is 2.17. The number of rotatable bonds is 5. The van der Waals surface area contributed by atoms with Gasteiger partial charge in [0.15, 0.2) is 6.39 Å². The smallest absolute Gasteiger partial charge is 0.289 e. The van der Waals surface area contributed by atoms with Crippen LogP contribution in [0.3, 0.4) is 0 Å². The average Bonchev–Trinajstić information content (AvgIpc) is 2.95. The second kappa shape index (κ2) is 6.23. The van der Waals surface area contributed by atoms with Gasteiger partial charge in [0.05, 0.1) is 12.8 Å². The van der Waals surface area contributed by atoms with Crippen LogP contribution in [-0.2, 0) is 6.54 Å². The molecule has 2 rings (SSSR count). The Kier molecular flexibility index (Phi) is 4.40. The van der Waals surface area contributed by atoms with Gasteiger partial charge in [0.1, 0.15) is 5.75 Å². The van der Waals surface area contributed by atoms with Gasteiger partial charge in [-0.2, -0.15) is 0 Å². The Morgan fingerprint density at radius 2 is 2.05 bits per heavy atom. The molecule has 1 N–H and O–H groups in total. The molecule has 2 aromatic rings. The molecule has 0 spiro atoms. The topological polar surface area (TPSA) is 64.4 Å². The number of nitrogens with zero attached hydrogens (tertiary/aromatic N) is 1. The Labute approximate surface area is 118 Å². The van der Waals surface area contributed by atoms with E-state index < -0.39 is 0 Å². The third-order valence-electron chi connectivity index (χ3n) is 2.96. The molecule has 5 nitrogen and oxygen atoms in total. The number of benzene rings is 1. The lowest BCUT2D eigenvalue weighted by Gasteiger charge is -2.07. The first-order valence-corrected chi connectivity index (χ1v) is 6.46. The maximum absolute atomic E-state index is 12.1. The number of carbonyl (C=O) groups excluding carboxylic acids is 1. The molecule has 0 bridgehead atoms. The number of oxazole rings is 1. The Morgan fingerprint density at radius 3 is 2.65 bits per heavy atom. The van der Waals surface area contributed by atoms with E-state index >= 15 is 0 Å². The van der Waals surface area contributed by atoms with Gasteiger partial charge < -0.3 is 14.5 Å². The number of hydrogen-bond acceptors (Lipinski definition) is 4. The van der Waals surface area contributed by atoms with Crippen molar-refractivity contribution >= 4 is 5.91 Å². The summed E-state index contributed by atoms with van der Waals surface area (Å²) in [6.45, 7) is 4.37. The van der Waals surface area contributed by atoms with E-state index in [2.05, 4.69) is 10.3 Å². The molecule has 1 heterocycles. The Morgan fingerprint density at radius 1 is 1.35 bits per heavy atom. The quantitative estimate of drug-likeness (QED) is 0.910. The van der Waals surface area contributed by atoms with Gasteiger partial charge in [-0.3, -0.25) is 4.79 Å². The minimum atomic E-state index is -0.248. The largest absolute Gasteiger partial charge is 0.497 e. The fourth-order valence-electron chi connectivity index (χ4n) is 1.84. The summed E-state index contributed by atoms with van der Waals surface area (Å²) in [5, 5.41) is 2.82. The fraction of sp³-hybridized carbons (Fsp3) is 0.333. The lowest BCUT2D eigenvalue weighted by Crippen LogP contribution is -2.23. The van der Waals surface area contributed by atoms with Crippen LogP contribution in [0, 0.1) is 0 Å². The van der Waals surface area contributed by atoms with Crippen LogP contribution in [-0.4, -0.2) is 18.0 Å². The van der Waals surface area contributed by atoms with Gasteiger partial charge in [-0.25, -0.2) is 4.98 Å². The molecule has 0 unspecified atom stereocenters. The van der Waals surface area contributed by atoms with Gasteiger partial charge in [0, 0.05) is 6.54 Å². The van der Waals surface area contributed by atoms with Crippen molar-refractivity contribution < 1.29 is 13.9 Å². The van der Waals surface area contributed by atoms with Crippen molar-refractivity contribution in [3.8, 4) is 5.75 Å². The molecule has 0 aliphatic carbocycles. The van der Waals surface area contributed by atoms with Crippen molar-refractivity contribution in [2.24, 2.45) is 0 Å². The predicted octanol–water partition coefficient (Wildman–Crippen LogP) is 2.74. The van der Waals surface area contributed by atoms with Crippen LogP contribution in [0.2, 0.25) is 0 Å². The van der Waals surface area contributed by atoms with Crippen molar-refractivity contribution in [1.82, 2.24) is 10.3 Å². The van der Waals surface area contributed by atoms with Gasteiger partial charge >= 0.3 is 0 Å². The predicted molar refractivity (Wildman–Crippen MR) is 74.8 cm³/mol. The van der Waals surface area contributed by atoms with E-state index in [1.54, 1.807) is 7.11 Å². The molecule has 0 atom stereocenters. The first-order chi connectivity index (χ1) is 9.61. The summed E-state index contributed by atoms with van der Waals surface area (Å²) >= 11 is 0. The van der Waals surface area contributed by atoms with E-state index in [1.165, 1.54) is 6.39 Å². The summed E-state index contributed by atoms with van der Waals surface area (Å²) in [5.74, 6) is 0.975. The molecule has 1 aromatic heterocycles. The SMILES string of the molecule is COc1ccc(CNC(=O)c2ocnc2C(C)C)cc1. The summed E-state index contributed by atoms with van der Waals surface area (Å²) in [6.07, 6.45) is 1.30. The highest BCUT2D eigenvalue weighted by Gasteiger charge is 2.18. The molecule has 0 fully saturated rings. The van der Waals surface area contributed by atoms with Crippen molar-refractivity contribution in [3.63, 3.8) is 0 Å². The fourth-order valence-corrected chi connectivity index (χ4v) is 1.84. The maximum Gasteiger partial charge on any atom is 0.289 e. The molecule has 106 valence electrons. The zero-order chi connectivity index (χ0) is 14.5. The summed E-state index contributed by atoms with van der Waals surface area (Å²) < 4.78 is 10.3. The minimum Gasteiger partial charge on any atom is -0.497 e. The molecule has 0 radical (unpaired) electrons. The highest BCUT2D eigenvalue weighted by atomic mass is 16.5. The molecule has 20 heavy (non-hydrogen) atoms. The Hall–Kier alpha value is -2.30. The molecule has 0 saturated heterocycles.